The monoisotopic (exact) mass is 373 g/mol. The highest BCUT2D eigenvalue weighted by Gasteiger charge is 2.18. The number of pyridine rings is 1. The molecule has 0 radical (unpaired) electrons. The molecule has 138 valence electrons. The average molecular weight is 374 g/mol. The Morgan fingerprint density at radius 3 is 2.85 bits per heavy atom. The molecule has 1 aliphatic heterocycles. The van der Waals surface area contributed by atoms with E-state index in [1.807, 2.05) is 25.5 Å². The molecule has 7 nitrogen and oxygen atoms in total. The molecule has 0 aliphatic carbocycles. The Labute approximate surface area is 159 Å². The second-order valence-electron chi connectivity index (χ2n) is 6.82. The molecule has 1 aliphatic rings. The number of aryl methyl sites for hydroxylation is 1. The fourth-order valence-corrected chi connectivity index (χ4v) is 3.27. The third-order valence-electron chi connectivity index (χ3n) is 4.78. The Morgan fingerprint density at radius 2 is 2.12 bits per heavy atom. The summed E-state index contributed by atoms with van der Waals surface area (Å²) in [5.41, 5.74) is 3.49. The van der Waals surface area contributed by atoms with Crippen molar-refractivity contribution in [1.29, 1.82) is 0 Å². The van der Waals surface area contributed by atoms with Crippen LogP contribution < -0.4 is 10.6 Å². The first-order chi connectivity index (χ1) is 12.2. The lowest BCUT2D eigenvalue weighted by atomic mass is 9.95. The van der Waals surface area contributed by atoms with Gasteiger partial charge < -0.3 is 10.6 Å². The lowest BCUT2D eigenvalue weighted by Gasteiger charge is -2.27. The molecule has 3 aromatic rings. The van der Waals surface area contributed by atoms with Crippen LogP contribution in [0.1, 0.15) is 19.8 Å². The van der Waals surface area contributed by atoms with Gasteiger partial charge >= 0.3 is 0 Å². The molecule has 0 spiro atoms. The molecule has 1 fully saturated rings. The third-order valence-corrected chi connectivity index (χ3v) is 4.78. The highest BCUT2D eigenvalue weighted by Crippen LogP contribution is 2.25. The van der Waals surface area contributed by atoms with E-state index in [0.717, 1.165) is 41.2 Å². The summed E-state index contributed by atoms with van der Waals surface area (Å²) >= 11 is 0. The van der Waals surface area contributed by atoms with Crippen molar-refractivity contribution in [2.24, 2.45) is 13.0 Å². The molecule has 1 saturated heterocycles. The molecule has 0 saturated carbocycles. The zero-order valence-corrected chi connectivity index (χ0v) is 15.8. The number of rotatable bonds is 4. The van der Waals surface area contributed by atoms with Gasteiger partial charge in [0.25, 0.3) is 0 Å². The van der Waals surface area contributed by atoms with Crippen molar-refractivity contribution in [2.45, 2.75) is 25.8 Å². The van der Waals surface area contributed by atoms with Gasteiger partial charge in [-0.25, -0.2) is 9.97 Å². The maximum absolute atomic E-state index is 4.80. The van der Waals surface area contributed by atoms with Gasteiger partial charge in [0.05, 0.1) is 17.4 Å². The molecule has 2 atom stereocenters. The molecule has 4 heterocycles. The van der Waals surface area contributed by atoms with E-state index in [0.29, 0.717) is 12.0 Å². The quantitative estimate of drug-likeness (QED) is 0.731. The topological polar surface area (TPSA) is 80.6 Å². The predicted molar refractivity (Wildman–Crippen MR) is 105 cm³/mol. The maximum Gasteiger partial charge on any atom is 0.154 e. The van der Waals surface area contributed by atoms with Crippen molar-refractivity contribution in [1.82, 2.24) is 30.0 Å². The van der Waals surface area contributed by atoms with Crippen LogP contribution in [0.5, 0.6) is 0 Å². The number of fused-ring (bicyclic) bond motifs is 1. The summed E-state index contributed by atoms with van der Waals surface area (Å²) in [7, 11) is 1.90. The number of halogens is 1. The number of hydrogen-bond acceptors (Lipinski definition) is 6. The zero-order chi connectivity index (χ0) is 17.2. The van der Waals surface area contributed by atoms with Gasteiger partial charge in [0.15, 0.2) is 5.82 Å². The first kappa shape index (κ1) is 18.5. The number of aromatic nitrogens is 5. The van der Waals surface area contributed by atoms with E-state index in [4.69, 9.17) is 4.98 Å². The minimum Gasteiger partial charge on any atom is -0.368 e. The van der Waals surface area contributed by atoms with Gasteiger partial charge in [0.2, 0.25) is 0 Å². The summed E-state index contributed by atoms with van der Waals surface area (Å²) in [6.07, 6.45) is 9.65. The average Bonchev–Trinajstić information content (AvgIpc) is 3.07. The van der Waals surface area contributed by atoms with E-state index >= 15 is 0 Å². The normalized spacial score (nSPS) is 19.9. The molecule has 2 unspecified atom stereocenters. The van der Waals surface area contributed by atoms with Crippen LogP contribution in [-0.2, 0) is 7.05 Å². The van der Waals surface area contributed by atoms with Gasteiger partial charge in [-0.1, -0.05) is 0 Å². The molecular weight excluding hydrogens is 350 g/mol. The molecule has 0 bridgehead atoms. The van der Waals surface area contributed by atoms with E-state index in [9.17, 15) is 0 Å². The van der Waals surface area contributed by atoms with Gasteiger partial charge in [0.1, 0.15) is 5.52 Å². The van der Waals surface area contributed by atoms with Crippen LogP contribution in [0.25, 0.3) is 22.3 Å². The standard InChI is InChI=1S/C18H23N7.ClH/c1-12-3-4-13(8-21-12)9-22-18-17-16(19-5-6-20-17)7-15(24-18)14-10-23-25(2)11-14;/h5-7,10-13,21H,3-4,8-9H2,1-2H3,(H,22,24);1H. The lowest BCUT2D eigenvalue weighted by molar-refractivity contribution is 0.334. The van der Waals surface area contributed by atoms with E-state index in [2.05, 4.69) is 32.6 Å². The summed E-state index contributed by atoms with van der Waals surface area (Å²) in [4.78, 5) is 13.7. The Balaban J connectivity index is 0.00000196. The molecule has 0 aromatic carbocycles. The Kier molecular flexibility index (Phi) is 5.68. The van der Waals surface area contributed by atoms with E-state index < -0.39 is 0 Å². The summed E-state index contributed by atoms with van der Waals surface area (Å²) in [5.74, 6) is 1.40. The van der Waals surface area contributed by atoms with Gasteiger partial charge in [-0.15, -0.1) is 12.4 Å². The Bertz CT molecular complexity index is 871. The third kappa shape index (κ3) is 3.94. The number of nitrogens with one attached hydrogen (secondary N) is 2. The van der Waals surface area contributed by atoms with Crippen molar-refractivity contribution in [3.8, 4) is 11.3 Å². The summed E-state index contributed by atoms with van der Waals surface area (Å²) in [6, 6.07) is 2.59. The van der Waals surface area contributed by atoms with Crippen molar-refractivity contribution in [3.63, 3.8) is 0 Å². The SMILES string of the molecule is CC1CCC(CNc2nc(-c3cnn(C)c3)cc3nccnc23)CN1.Cl. The highest BCUT2D eigenvalue weighted by molar-refractivity contribution is 5.88. The fourth-order valence-electron chi connectivity index (χ4n) is 3.27. The number of anilines is 1. The van der Waals surface area contributed by atoms with Crippen molar-refractivity contribution >= 4 is 29.3 Å². The Hall–Kier alpha value is -2.25. The van der Waals surface area contributed by atoms with Crippen LogP contribution in [-0.4, -0.2) is 43.9 Å². The van der Waals surface area contributed by atoms with E-state index in [1.54, 1.807) is 17.1 Å². The maximum atomic E-state index is 4.80. The predicted octanol–water partition coefficient (Wildman–Crippen LogP) is 2.65. The number of nitrogens with zero attached hydrogens (tertiary/aromatic N) is 5. The van der Waals surface area contributed by atoms with Gasteiger partial charge in [-0.05, 0) is 38.3 Å². The van der Waals surface area contributed by atoms with E-state index in [-0.39, 0.29) is 12.4 Å². The first-order valence-corrected chi connectivity index (χ1v) is 8.77. The van der Waals surface area contributed by atoms with Gasteiger partial charge in [0, 0.05) is 43.8 Å². The molecular formula is C18H24ClN7. The second-order valence-corrected chi connectivity index (χ2v) is 6.82. The summed E-state index contributed by atoms with van der Waals surface area (Å²) in [5, 5.41) is 11.3. The molecule has 2 N–H and O–H groups in total. The van der Waals surface area contributed by atoms with Crippen LogP contribution in [0, 0.1) is 5.92 Å². The van der Waals surface area contributed by atoms with Gasteiger partial charge in [-0.2, -0.15) is 5.10 Å². The summed E-state index contributed by atoms with van der Waals surface area (Å²) < 4.78 is 1.78. The van der Waals surface area contributed by atoms with Crippen molar-refractivity contribution < 1.29 is 0 Å². The van der Waals surface area contributed by atoms with Crippen LogP contribution in [0.4, 0.5) is 5.82 Å². The van der Waals surface area contributed by atoms with Crippen LogP contribution in [0.15, 0.2) is 30.9 Å². The van der Waals surface area contributed by atoms with E-state index in [1.165, 1.54) is 12.8 Å². The molecule has 8 heteroatoms. The first-order valence-electron chi connectivity index (χ1n) is 8.77. The largest absolute Gasteiger partial charge is 0.368 e. The van der Waals surface area contributed by atoms with Gasteiger partial charge in [-0.3, -0.25) is 9.67 Å². The minimum absolute atomic E-state index is 0. The lowest BCUT2D eigenvalue weighted by Crippen LogP contribution is -2.39. The highest BCUT2D eigenvalue weighted by atomic mass is 35.5. The summed E-state index contributed by atoms with van der Waals surface area (Å²) in [6.45, 7) is 4.17. The number of piperidine rings is 1. The molecule has 26 heavy (non-hydrogen) atoms. The molecule has 0 amide bonds. The smallest absolute Gasteiger partial charge is 0.154 e. The van der Waals surface area contributed by atoms with Crippen molar-refractivity contribution in [2.75, 3.05) is 18.4 Å². The van der Waals surface area contributed by atoms with Crippen molar-refractivity contribution in [3.05, 3.63) is 30.9 Å². The fraction of sp³-hybridized carbons (Fsp3) is 0.444. The Morgan fingerprint density at radius 1 is 1.27 bits per heavy atom. The zero-order valence-electron chi connectivity index (χ0n) is 15.0. The molecule has 3 aromatic heterocycles. The van der Waals surface area contributed by atoms with Crippen LogP contribution in [0.3, 0.4) is 0 Å². The molecule has 4 rings (SSSR count). The minimum atomic E-state index is 0. The second kappa shape index (κ2) is 7.97. The van der Waals surface area contributed by atoms with Crippen LogP contribution >= 0.6 is 12.4 Å². The van der Waals surface area contributed by atoms with Crippen LogP contribution in [0.2, 0.25) is 0 Å². The number of hydrogen-bond donors (Lipinski definition) is 2.